The summed E-state index contributed by atoms with van der Waals surface area (Å²) >= 11 is 19.7. The van der Waals surface area contributed by atoms with Gasteiger partial charge in [-0.15, -0.1) is 11.3 Å². The van der Waals surface area contributed by atoms with Gasteiger partial charge < -0.3 is 0 Å². The summed E-state index contributed by atoms with van der Waals surface area (Å²) in [4.78, 5) is 14.5. The zero-order valence-corrected chi connectivity index (χ0v) is 18.7. The van der Waals surface area contributed by atoms with Crippen molar-refractivity contribution in [2.24, 2.45) is 0 Å². The van der Waals surface area contributed by atoms with E-state index in [9.17, 15) is 4.79 Å². The van der Waals surface area contributed by atoms with Crippen LogP contribution in [0.3, 0.4) is 0 Å². The Labute approximate surface area is 191 Å². The molecule has 2 heterocycles. The van der Waals surface area contributed by atoms with Gasteiger partial charge in [-0.3, -0.25) is 13.8 Å². The summed E-state index contributed by atoms with van der Waals surface area (Å²) < 4.78 is 4.43. The van der Waals surface area contributed by atoms with Gasteiger partial charge in [-0.25, -0.2) is 0 Å². The molecule has 30 heavy (non-hydrogen) atoms. The van der Waals surface area contributed by atoms with Gasteiger partial charge in [0.15, 0.2) is 3.95 Å². The molecule has 0 N–H and O–H groups in total. The number of hydrogen-bond donors (Lipinski definition) is 0. The highest BCUT2D eigenvalue weighted by Gasteiger charge is 2.19. The van der Waals surface area contributed by atoms with Crippen molar-refractivity contribution < 1.29 is 0 Å². The maximum Gasteiger partial charge on any atom is 0.261 e. The van der Waals surface area contributed by atoms with Gasteiger partial charge in [-0.05, 0) is 53.7 Å². The number of nitrogens with zero attached hydrogens (tertiary/aromatic N) is 2. The van der Waals surface area contributed by atoms with E-state index in [1.165, 1.54) is 11.3 Å². The Kier molecular flexibility index (Phi) is 4.99. The molecule has 2 aromatic heterocycles. The maximum atomic E-state index is 13.6. The van der Waals surface area contributed by atoms with Crippen LogP contribution in [0, 0.1) is 3.95 Å². The van der Waals surface area contributed by atoms with Crippen LogP contribution in [-0.2, 0) is 6.54 Å². The molecule has 0 radical (unpaired) electrons. The molecule has 0 saturated carbocycles. The van der Waals surface area contributed by atoms with Crippen LogP contribution in [0.15, 0.2) is 77.6 Å². The summed E-state index contributed by atoms with van der Waals surface area (Å²) in [5, 5.41) is 1.90. The van der Waals surface area contributed by atoms with E-state index in [0.717, 1.165) is 27.2 Å². The van der Waals surface area contributed by atoms with E-state index in [2.05, 4.69) is 0 Å². The Balaban J connectivity index is 1.92. The average molecular weight is 469 g/mol. The fourth-order valence-corrected chi connectivity index (χ4v) is 5.40. The van der Waals surface area contributed by atoms with Crippen LogP contribution in [0.5, 0.6) is 0 Å². The van der Waals surface area contributed by atoms with Crippen LogP contribution < -0.4 is 5.56 Å². The Morgan fingerprint density at radius 1 is 0.900 bits per heavy atom. The van der Waals surface area contributed by atoms with Crippen molar-refractivity contribution in [2.75, 3.05) is 0 Å². The Morgan fingerprint density at radius 2 is 1.60 bits per heavy atom. The second-order valence-corrected chi connectivity index (χ2v) is 9.35. The molecule has 5 rings (SSSR count). The van der Waals surface area contributed by atoms with E-state index in [1.807, 2.05) is 77.2 Å². The Hall–Kier alpha value is -2.44. The lowest BCUT2D eigenvalue weighted by Crippen LogP contribution is -2.23. The Bertz CT molecular complexity index is 1530. The van der Waals surface area contributed by atoms with Crippen LogP contribution >= 0.6 is 46.8 Å². The van der Waals surface area contributed by atoms with E-state index in [4.69, 9.17) is 35.4 Å². The number of hydrogen-bond acceptors (Lipinski definition) is 3. The van der Waals surface area contributed by atoms with Gasteiger partial charge >= 0.3 is 0 Å². The quantitative estimate of drug-likeness (QED) is 0.264. The number of halogens is 2. The molecule has 0 amide bonds. The van der Waals surface area contributed by atoms with Crippen molar-refractivity contribution in [3.05, 3.63) is 103 Å². The highest BCUT2D eigenvalue weighted by Crippen LogP contribution is 2.34. The zero-order valence-electron chi connectivity index (χ0n) is 15.5. The molecule has 0 aliphatic rings. The molecule has 0 bridgehead atoms. The number of benzene rings is 3. The minimum atomic E-state index is -0.0754. The van der Waals surface area contributed by atoms with E-state index in [0.29, 0.717) is 25.9 Å². The first-order valence-electron chi connectivity index (χ1n) is 9.21. The van der Waals surface area contributed by atoms with Crippen LogP contribution in [0.2, 0.25) is 10.0 Å². The molecule has 0 atom stereocenters. The fraction of sp³-hybridized carbons (Fsp3) is 0.0435. The Morgan fingerprint density at radius 3 is 2.37 bits per heavy atom. The lowest BCUT2D eigenvalue weighted by molar-refractivity contribution is 0.781. The second-order valence-electron chi connectivity index (χ2n) is 6.86. The number of para-hydroxylation sites is 1. The average Bonchev–Trinajstić information content (AvgIpc) is 3.10. The largest absolute Gasteiger partial charge is 0.288 e. The highest BCUT2D eigenvalue weighted by molar-refractivity contribution is 7.73. The first kappa shape index (κ1) is 19.5. The van der Waals surface area contributed by atoms with Gasteiger partial charge in [0.25, 0.3) is 5.56 Å². The minimum Gasteiger partial charge on any atom is -0.288 e. The van der Waals surface area contributed by atoms with Crippen LogP contribution in [0.1, 0.15) is 5.56 Å². The highest BCUT2D eigenvalue weighted by atomic mass is 35.5. The van der Waals surface area contributed by atoms with E-state index in [-0.39, 0.29) is 5.56 Å². The lowest BCUT2D eigenvalue weighted by Gasteiger charge is -2.14. The molecular formula is C23H14Cl2N2OS2. The molecule has 148 valence electrons. The van der Waals surface area contributed by atoms with Crippen molar-refractivity contribution >= 4 is 63.3 Å². The first-order chi connectivity index (χ1) is 14.5. The predicted molar refractivity (Wildman–Crippen MR) is 129 cm³/mol. The smallest absolute Gasteiger partial charge is 0.261 e. The number of fused-ring (bicyclic) bond motifs is 3. The van der Waals surface area contributed by atoms with Crippen molar-refractivity contribution in [1.29, 1.82) is 0 Å². The van der Waals surface area contributed by atoms with Crippen LogP contribution in [0.25, 0.3) is 27.0 Å². The molecule has 0 fully saturated rings. The third-order valence-corrected chi connectivity index (χ3v) is 7.09. The normalized spacial score (nSPS) is 11.4. The second kappa shape index (κ2) is 7.67. The van der Waals surface area contributed by atoms with Crippen LogP contribution in [-0.4, -0.2) is 8.97 Å². The van der Waals surface area contributed by atoms with Crippen molar-refractivity contribution in [3.8, 4) is 10.4 Å². The standard InChI is InChI=1S/C23H14Cl2N2OS2/c24-16-11-9-14(10-12-16)20-21-26(13-15-5-1-3-7-18(15)25)22(28)17-6-2-4-8-19(17)27(21)23(29)30-20/h1-12H,13H2. The summed E-state index contributed by atoms with van der Waals surface area (Å²) in [7, 11) is 0. The molecular weight excluding hydrogens is 455 g/mol. The third kappa shape index (κ3) is 3.19. The summed E-state index contributed by atoms with van der Waals surface area (Å²) in [6.45, 7) is 0.346. The van der Waals surface area contributed by atoms with Gasteiger partial charge in [-0.2, -0.15) is 0 Å². The van der Waals surface area contributed by atoms with Crippen molar-refractivity contribution in [3.63, 3.8) is 0 Å². The third-order valence-electron chi connectivity index (χ3n) is 5.06. The summed E-state index contributed by atoms with van der Waals surface area (Å²) in [5.41, 5.74) is 3.32. The van der Waals surface area contributed by atoms with Gasteiger partial charge in [-0.1, -0.05) is 65.7 Å². The molecule has 3 nitrogen and oxygen atoms in total. The monoisotopic (exact) mass is 468 g/mol. The fourth-order valence-electron chi connectivity index (χ4n) is 3.65. The maximum absolute atomic E-state index is 13.6. The van der Waals surface area contributed by atoms with Crippen molar-refractivity contribution in [2.45, 2.75) is 6.54 Å². The van der Waals surface area contributed by atoms with Gasteiger partial charge in [0.2, 0.25) is 0 Å². The van der Waals surface area contributed by atoms with Crippen molar-refractivity contribution in [1.82, 2.24) is 8.97 Å². The lowest BCUT2D eigenvalue weighted by atomic mass is 10.1. The number of aromatic nitrogens is 2. The van der Waals surface area contributed by atoms with Gasteiger partial charge in [0, 0.05) is 10.0 Å². The van der Waals surface area contributed by atoms with E-state index >= 15 is 0 Å². The predicted octanol–water partition coefficient (Wildman–Crippen LogP) is 7.07. The summed E-state index contributed by atoms with van der Waals surface area (Å²) in [5.74, 6) is 0. The summed E-state index contributed by atoms with van der Waals surface area (Å²) in [6, 6.07) is 22.7. The first-order valence-corrected chi connectivity index (χ1v) is 11.2. The molecule has 0 saturated heterocycles. The summed E-state index contributed by atoms with van der Waals surface area (Å²) in [6.07, 6.45) is 0. The zero-order chi connectivity index (χ0) is 20.8. The molecule has 0 spiro atoms. The molecule has 7 heteroatoms. The minimum absolute atomic E-state index is 0.0754. The molecule has 5 aromatic rings. The molecule has 0 aliphatic carbocycles. The SMILES string of the molecule is O=c1c2ccccc2n2c(=S)sc(-c3ccc(Cl)cc3)c2n1Cc1ccccc1Cl. The number of thiazole rings is 1. The molecule has 3 aromatic carbocycles. The molecule has 0 unspecified atom stereocenters. The van der Waals surface area contributed by atoms with E-state index in [1.54, 1.807) is 4.57 Å². The van der Waals surface area contributed by atoms with Gasteiger partial charge in [0.1, 0.15) is 5.65 Å². The topological polar surface area (TPSA) is 26.4 Å². The van der Waals surface area contributed by atoms with Gasteiger partial charge in [0.05, 0.1) is 22.3 Å². The molecule has 0 aliphatic heterocycles. The van der Waals surface area contributed by atoms with E-state index < -0.39 is 0 Å². The number of rotatable bonds is 3. The van der Waals surface area contributed by atoms with Crippen LogP contribution in [0.4, 0.5) is 0 Å².